The molecule has 2 amide bonds. The molecule has 0 radical (unpaired) electrons. The quantitative estimate of drug-likeness (QED) is 0.422. The van der Waals surface area contributed by atoms with Crippen molar-refractivity contribution in [3.05, 3.63) is 65.7 Å². The van der Waals surface area contributed by atoms with Crippen molar-refractivity contribution in [2.24, 2.45) is 4.99 Å². The van der Waals surface area contributed by atoms with E-state index >= 15 is 0 Å². The van der Waals surface area contributed by atoms with Gasteiger partial charge in [-0.3, -0.25) is 9.59 Å². The van der Waals surface area contributed by atoms with Crippen LogP contribution < -0.4 is 5.32 Å². The summed E-state index contributed by atoms with van der Waals surface area (Å²) in [6.45, 7) is 4.78. The van der Waals surface area contributed by atoms with Crippen molar-refractivity contribution in [2.75, 3.05) is 38.0 Å². The van der Waals surface area contributed by atoms with Crippen LogP contribution in [0.4, 0.5) is 5.69 Å². The number of guanidine groups is 1. The molecule has 2 fully saturated rings. The average molecular weight is 459 g/mol. The molecule has 1 N–H and O–H groups in total. The highest BCUT2D eigenvalue weighted by atomic mass is 16.2. The minimum Gasteiger partial charge on any atom is -0.342 e. The number of nitrogens with zero attached hydrogens (tertiary/aromatic N) is 5. The minimum atomic E-state index is -0.181. The molecular formula is C26H30N6O2. The number of carbonyl (C=O) groups excluding carboxylic acids is 2. The summed E-state index contributed by atoms with van der Waals surface area (Å²) in [6, 6.07) is 17.6. The molecule has 0 bridgehead atoms. The number of carbonyl (C=O) groups is 2. The van der Waals surface area contributed by atoms with E-state index < -0.39 is 0 Å². The van der Waals surface area contributed by atoms with E-state index in [2.05, 4.69) is 10.3 Å². The first kappa shape index (κ1) is 23.3. The summed E-state index contributed by atoms with van der Waals surface area (Å²) >= 11 is 0. The van der Waals surface area contributed by atoms with E-state index in [0.717, 1.165) is 29.8 Å². The first-order valence-corrected chi connectivity index (χ1v) is 11.7. The number of aryl methyl sites for hydroxylation is 1. The highest BCUT2D eigenvalue weighted by molar-refractivity contribution is 5.95. The third kappa shape index (κ3) is 5.37. The summed E-state index contributed by atoms with van der Waals surface area (Å²) in [5.74, 6) is 0.656. The maximum atomic E-state index is 13.3. The van der Waals surface area contributed by atoms with E-state index in [1.165, 1.54) is 0 Å². The van der Waals surface area contributed by atoms with Crippen LogP contribution in [0.1, 0.15) is 36.4 Å². The molecule has 2 saturated heterocycles. The van der Waals surface area contributed by atoms with Gasteiger partial charge in [0.1, 0.15) is 0 Å². The molecule has 2 aromatic carbocycles. The summed E-state index contributed by atoms with van der Waals surface area (Å²) in [7, 11) is 0. The highest BCUT2D eigenvalue weighted by Crippen LogP contribution is 2.27. The smallest absolute Gasteiger partial charge is 0.224 e. The van der Waals surface area contributed by atoms with Gasteiger partial charge in [0, 0.05) is 51.3 Å². The van der Waals surface area contributed by atoms with Crippen LogP contribution in [0.5, 0.6) is 0 Å². The van der Waals surface area contributed by atoms with E-state index in [4.69, 9.17) is 0 Å². The molecule has 8 heteroatoms. The first-order valence-electron chi connectivity index (χ1n) is 11.7. The Hall–Kier alpha value is -3.86. The van der Waals surface area contributed by atoms with Crippen LogP contribution in [-0.4, -0.2) is 65.2 Å². The van der Waals surface area contributed by atoms with E-state index in [1.807, 2.05) is 77.5 Å². The second-order valence-corrected chi connectivity index (χ2v) is 8.67. The maximum Gasteiger partial charge on any atom is 0.224 e. The Morgan fingerprint density at radius 2 is 1.88 bits per heavy atom. The number of rotatable bonds is 5. The Bertz CT molecular complexity index is 1090. The molecule has 2 aliphatic heterocycles. The van der Waals surface area contributed by atoms with Gasteiger partial charge in [-0.05, 0) is 30.5 Å². The van der Waals surface area contributed by atoms with Gasteiger partial charge in [0.2, 0.25) is 24.0 Å². The fourth-order valence-electron chi connectivity index (χ4n) is 4.61. The Balaban J connectivity index is 1.52. The summed E-state index contributed by atoms with van der Waals surface area (Å²) in [6.07, 6.45) is 3.68. The molecule has 34 heavy (non-hydrogen) atoms. The molecule has 4 rings (SSSR count). The predicted molar refractivity (Wildman–Crippen MR) is 131 cm³/mol. The van der Waals surface area contributed by atoms with Crippen molar-refractivity contribution >= 4 is 23.5 Å². The average Bonchev–Trinajstić information content (AvgIpc) is 3.28. The van der Waals surface area contributed by atoms with Crippen LogP contribution in [0.2, 0.25) is 0 Å². The molecule has 0 spiro atoms. The number of nitriles is 1. The third-order valence-corrected chi connectivity index (χ3v) is 6.50. The van der Waals surface area contributed by atoms with Crippen molar-refractivity contribution in [1.29, 1.82) is 5.26 Å². The fraction of sp³-hybridized carbons (Fsp3) is 0.385. The second kappa shape index (κ2) is 10.8. The molecule has 176 valence electrons. The van der Waals surface area contributed by atoms with Gasteiger partial charge in [0.05, 0.1) is 6.04 Å². The molecule has 8 nitrogen and oxygen atoms in total. The number of benzene rings is 2. The number of piperazine rings is 1. The number of likely N-dealkylation sites (tertiary alicyclic amines) is 1. The van der Waals surface area contributed by atoms with Gasteiger partial charge in [0.15, 0.2) is 0 Å². The van der Waals surface area contributed by atoms with E-state index in [0.29, 0.717) is 45.0 Å². The number of nitrogens with one attached hydrogen (secondary N) is 1. The molecule has 2 heterocycles. The van der Waals surface area contributed by atoms with Crippen molar-refractivity contribution in [1.82, 2.24) is 14.7 Å². The van der Waals surface area contributed by atoms with Crippen LogP contribution in [0, 0.1) is 18.4 Å². The van der Waals surface area contributed by atoms with Gasteiger partial charge in [-0.25, -0.2) is 0 Å². The lowest BCUT2D eigenvalue weighted by molar-refractivity contribution is -0.136. The SMILES string of the molecule is Cc1ccccc1N/C(=N/C#N)N1CCN(C(=O)CCN2CCCC2=O)C(c2ccccc2)C1. The van der Waals surface area contributed by atoms with Gasteiger partial charge in [-0.2, -0.15) is 5.26 Å². The standard InChI is InChI=1S/C26H30N6O2/c1-20-8-5-6-11-22(20)29-26(28-19-27)31-16-17-32(23(18-31)21-9-3-2-4-10-21)25(34)13-15-30-14-7-12-24(30)33/h2-6,8-11,23H,7,12-18H2,1H3,(H,28,29). The number of amides is 2. The number of para-hydroxylation sites is 1. The second-order valence-electron chi connectivity index (χ2n) is 8.67. The molecule has 2 aromatic rings. The van der Waals surface area contributed by atoms with Gasteiger partial charge < -0.3 is 20.0 Å². The van der Waals surface area contributed by atoms with E-state index in [-0.39, 0.29) is 17.9 Å². The Labute approximate surface area is 200 Å². The van der Waals surface area contributed by atoms with Crippen molar-refractivity contribution in [3.8, 4) is 6.19 Å². The lowest BCUT2D eigenvalue weighted by Crippen LogP contribution is -2.54. The predicted octanol–water partition coefficient (Wildman–Crippen LogP) is 3.14. The fourth-order valence-corrected chi connectivity index (χ4v) is 4.61. The van der Waals surface area contributed by atoms with Gasteiger partial charge in [-0.15, -0.1) is 4.99 Å². The number of hydrogen-bond acceptors (Lipinski definition) is 4. The zero-order valence-electron chi connectivity index (χ0n) is 19.5. The maximum absolute atomic E-state index is 13.3. The molecule has 2 aliphatic rings. The van der Waals surface area contributed by atoms with Crippen LogP contribution in [0.15, 0.2) is 59.6 Å². The molecule has 0 aliphatic carbocycles. The minimum absolute atomic E-state index is 0.0406. The number of aliphatic imine (C=N–C) groups is 1. The molecular weight excluding hydrogens is 428 g/mol. The van der Waals surface area contributed by atoms with E-state index in [9.17, 15) is 14.9 Å². The molecule has 0 saturated carbocycles. The number of hydrogen-bond donors (Lipinski definition) is 1. The highest BCUT2D eigenvalue weighted by Gasteiger charge is 2.33. The van der Waals surface area contributed by atoms with Crippen molar-refractivity contribution in [2.45, 2.75) is 32.2 Å². The molecule has 1 unspecified atom stereocenters. The Morgan fingerprint density at radius 1 is 1.12 bits per heavy atom. The normalized spacial score (nSPS) is 18.7. The summed E-state index contributed by atoms with van der Waals surface area (Å²) in [5.41, 5.74) is 2.98. The van der Waals surface area contributed by atoms with Crippen molar-refractivity contribution < 1.29 is 9.59 Å². The molecule has 1 atom stereocenters. The lowest BCUT2D eigenvalue weighted by atomic mass is 10.0. The summed E-state index contributed by atoms with van der Waals surface area (Å²) < 4.78 is 0. The summed E-state index contributed by atoms with van der Waals surface area (Å²) in [4.78, 5) is 35.0. The van der Waals surface area contributed by atoms with Crippen molar-refractivity contribution in [3.63, 3.8) is 0 Å². The first-order chi connectivity index (χ1) is 16.6. The zero-order valence-corrected chi connectivity index (χ0v) is 19.5. The van der Waals surface area contributed by atoms with Crippen LogP contribution in [-0.2, 0) is 9.59 Å². The lowest BCUT2D eigenvalue weighted by Gasteiger charge is -2.43. The topological polar surface area (TPSA) is 92.0 Å². The third-order valence-electron chi connectivity index (χ3n) is 6.50. The largest absolute Gasteiger partial charge is 0.342 e. The van der Waals surface area contributed by atoms with Crippen LogP contribution in [0.25, 0.3) is 0 Å². The Kier molecular flexibility index (Phi) is 7.43. The Morgan fingerprint density at radius 3 is 2.59 bits per heavy atom. The van der Waals surface area contributed by atoms with E-state index in [1.54, 1.807) is 4.90 Å². The van der Waals surface area contributed by atoms with Gasteiger partial charge in [0.25, 0.3) is 0 Å². The van der Waals surface area contributed by atoms with Crippen LogP contribution in [0.3, 0.4) is 0 Å². The van der Waals surface area contributed by atoms with Crippen LogP contribution >= 0.6 is 0 Å². The van der Waals surface area contributed by atoms with Gasteiger partial charge in [-0.1, -0.05) is 48.5 Å². The number of anilines is 1. The zero-order chi connectivity index (χ0) is 23.9. The van der Waals surface area contributed by atoms with Gasteiger partial charge >= 0.3 is 0 Å². The monoisotopic (exact) mass is 458 g/mol. The molecule has 0 aromatic heterocycles. The summed E-state index contributed by atoms with van der Waals surface area (Å²) in [5, 5.41) is 12.6.